The quantitative estimate of drug-likeness (QED) is 0.775. The Hall–Kier alpha value is -1.87. The predicted molar refractivity (Wildman–Crippen MR) is 77.0 cm³/mol. The van der Waals surface area contributed by atoms with Crippen molar-refractivity contribution in [3.8, 4) is 5.75 Å². The number of aromatic nitrogens is 1. The van der Waals surface area contributed by atoms with Gasteiger partial charge >= 0.3 is 0 Å². The lowest BCUT2D eigenvalue weighted by Gasteiger charge is -2.06. The average molecular weight is 256 g/mol. The van der Waals surface area contributed by atoms with Crippen molar-refractivity contribution in [3.05, 3.63) is 59.9 Å². The normalized spacial score (nSPS) is 10.4. The molecule has 2 aromatic rings. The van der Waals surface area contributed by atoms with Crippen LogP contribution in [0.25, 0.3) is 0 Å². The van der Waals surface area contributed by atoms with Gasteiger partial charge in [0.25, 0.3) is 0 Å². The number of benzene rings is 1. The molecule has 0 aliphatic rings. The van der Waals surface area contributed by atoms with Gasteiger partial charge in [-0.1, -0.05) is 30.3 Å². The maximum absolute atomic E-state index is 5.64. The Morgan fingerprint density at radius 3 is 2.53 bits per heavy atom. The number of ether oxygens (including phenoxy) is 1. The minimum atomic E-state index is 0.470. The molecule has 0 saturated heterocycles. The molecule has 0 fully saturated rings. The topological polar surface area (TPSA) is 48.1 Å². The Morgan fingerprint density at radius 1 is 1.00 bits per heavy atom. The van der Waals surface area contributed by atoms with Gasteiger partial charge in [0.1, 0.15) is 5.75 Å². The summed E-state index contributed by atoms with van der Waals surface area (Å²) in [5.74, 6) is 0.817. The standard InChI is InChI=1S/C16H20N2O/c17-12-15-9-10-16(13-18-15)19-11-5-4-8-14-6-2-1-3-7-14/h1-3,6-7,9-10,13H,4-5,8,11-12,17H2. The van der Waals surface area contributed by atoms with Crippen molar-refractivity contribution in [1.82, 2.24) is 4.98 Å². The van der Waals surface area contributed by atoms with Crippen LogP contribution < -0.4 is 10.5 Å². The van der Waals surface area contributed by atoms with Gasteiger partial charge in [-0.05, 0) is 37.0 Å². The zero-order chi connectivity index (χ0) is 13.3. The smallest absolute Gasteiger partial charge is 0.137 e. The highest BCUT2D eigenvalue weighted by molar-refractivity contribution is 5.19. The number of pyridine rings is 1. The molecule has 0 aliphatic heterocycles. The van der Waals surface area contributed by atoms with Gasteiger partial charge in [-0.3, -0.25) is 4.98 Å². The first-order chi connectivity index (χ1) is 9.38. The van der Waals surface area contributed by atoms with Gasteiger partial charge in [0.05, 0.1) is 18.5 Å². The third-order valence-electron chi connectivity index (χ3n) is 2.98. The van der Waals surface area contributed by atoms with Crippen molar-refractivity contribution in [3.63, 3.8) is 0 Å². The van der Waals surface area contributed by atoms with Crippen LogP contribution in [0, 0.1) is 0 Å². The molecule has 0 atom stereocenters. The van der Waals surface area contributed by atoms with Crippen LogP contribution in [0.4, 0.5) is 0 Å². The first-order valence-electron chi connectivity index (χ1n) is 6.70. The van der Waals surface area contributed by atoms with Crippen molar-refractivity contribution in [1.29, 1.82) is 0 Å². The van der Waals surface area contributed by atoms with Crippen LogP contribution in [0.15, 0.2) is 48.7 Å². The molecule has 0 radical (unpaired) electrons. The van der Waals surface area contributed by atoms with Gasteiger partial charge in [0.15, 0.2) is 0 Å². The zero-order valence-electron chi connectivity index (χ0n) is 11.1. The molecule has 2 rings (SSSR count). The highest BCUT2D eigenvalue weighted by Crippen LogP contribution is 2.10. The molecule has 3 nitrogen and oxygen atoms in total. The largest absolute Gasteiger partial charge is 0.492 e. The Morgan fingerprint density at radius 2 is 1.84 bits per heavy atom. The van der Waals surface area contributed by atoms with Crippen LogP contribution in [-0.2, 0) is 13.0 Å². The van der Waals surface area contributed by atoms with Crippen molar-refractivity contribution in [2.75, 3.05) is 6.61 Å². The Bertz CT molecular complexity index is 468. The first-order valence-corrected chi connectivity index (χ1v) is 6.70. The second-order valence-corrected chi connectivity index (χ2v) is 4.48. The summed E-state index contributed by atoms with van der Waals surface area (Å²) in [6.45, 7) is 1.20. The fraction of sp³-hybridized carbons (Fsp3) is 0.312. The van der Waals surface area contributed by atoms with Gasteiger partial charge in [-0.2, -0.15) is 0 Å². The van der Waals surface area contributed by atoms with E-state index in [0.29, 0.717) is 6.54 Å². The molecule has 1 aromatic carbocycles. The molecule has 0 amide bonds. The van der Waals surface area contributed by atoms with E-state index in [1.54, 1.807) is 6.20 Å². The van der Waals surface area contributed by atoms with Crippen molar-refractivity contribution in [2.24, 2.45) is 5.73 Å². The summed E-state index contributed by atoms with van der Waals surface area (Å²) >= 11 is 0. The van der Waals surface area contributed by atoms with Gasteiger partial charge in [0, 0.05) is 6.54 Å². The lowest BCUT2D eigenvalue weighted by atomic mass is 10.1. The molecular weight excluding hydrogens is 236 g/mol. The maximum atomic E-state index is 5.64. The maximum Gasteiger partial charge on any atom is 0.137 e. The second-order valence-electron chi connectivity index (χ2n) is 4.48. The number of hydrogen-bond acceptors (Lipinski definition) is 3. The average Bonchev–Trinajstić information content (AvgIpc) is 2.49. The number of unbranched alkanes of at least 4 members (excludes halogenated alkanes) is 1. The van der Waals surface area contributed by atoms with Crippen LogP contribution in [-0.4, -0.2) is 11.6 Å². The fourth-order valence-corrected chi connectivity index (χ4v) is 1.88. The number of aryl methyl sites for hydroxylation is 1. The molecule has 2 N–H and O–H groups in total. The molecule has 19 heavy (non-hydrogen) atoms. The Kier molecular flexibility index (Phi) is 5.38. The van der Waals surface area contributed by atoms with E-state index < -0.39 is 0 Å². The van der Waals surface area contributed by atoms with E-state index in [1.807, 2.05) is 18.2 Å². The molecule has 3 heteroatoms. The molecule has 0 aliphatic carbocycles. The van der Waals surface area contributed by atoms with E-state index in [9.17, 15) is 0 Å². The van der Waals surface area contributed by atoms with Crippen molar-refractivity contribution >= 4 is 0 Å². The Balaban J connectivity index is 1.63. The molecule has 0 bridgehead atoms. The van der Waals surface area contributed by atoms with E-state index in [0.717, 1.165) is 37.3 Å². The fourth-order valence-electron chi connectivity index (χ4n) is 1.88. The zero-order valence-corrected chi connectivity index (χ0v) is 11.1. The van der Waals surface area contributed by atoms with Gasteiger partial charge in [0.2, 0.25) is 0 Å². The molecule has 1 aromatic heterocycles. The van der Waals surface area contributed by atoms with Gasteiger partial charge < -0.3 is 10.5 Å². The number of rotatable bonds is 7. The molecule has 0 unspecified atom stereocenters. The lowest BCUT2D eigenvalue weighted by molar-refractivity contribution is 0.305. The minimum absolute atomic E-state index is 0.470. The van der Waals surface area contributed by atoms with E-state index in [1.165, 1.54) is 5.56 Å². The summed E-state index contributed by atoms with van der Waals surface area (Å²) in [5.41, 5.74) is 7.76. The molecule has 0 spiro atoms. The minimum Gasteiger partial charge on any atom is -0.492 e. The molecular formula is C16H20N2O. The highest BCUT2D eigenvalue weighted by Gasteiger charge is 1.96. The SMILES string of the molecule is NCc1ccc(OCCCCc2ccccc2)cn1. The van der Waals surface area contributed by atoms with Crippen molar-refractivity contribution < 1.29 is 4.74 Å². The van der Waals surface area contributed by atoms with Gasteiger partial charge in [-0.25, -0.2) is 0 Å². The van der Waals surface area contributed by atoms with Crippen LogP contribution in [0.1, 0.15) is 24.1 Å². The first kappa shape index (κ1) is 13.6. The predicted octanol–water partition coefficient (Wildman–Crippen LogP) is 2.94. The summed E-state index contributed by atoms with van der Waals surface area (Å²) < 4.78 is 5.64. The van der Waals surface area contributed by atoms with Crippen molar-refractivity contribution in [2.45, 2.75) is 25.8 Å². The number of nitrogens with zero attached hydrogens (tertiary/aromatic N) is 1. The summed E-state index contributed by atoms with van der Waals surface area (Å²) in [4.78, 5) is 4.19. The summed E-state index contributed by atoms with van der Waals surface area (Å²) in [6.07, 6.45) is 5.03. The van der Waals surface area contributed by atoms with Crippen LogP contribution >= 0.6 is 0 Å². The molecule has 0 saturated carbocycles. The highest BCUT2D eigenvalue weighted by atomic mass is 16.5. The second kappa shape index (κ2) is 7.54. The number of nitrogens with two attached hydrogens (primary N) is 1. The summed E-state index contributed by atoms with van der Waals surface area (Å²) in [5, 5.41) is 0. The van der Waals surface area contributed by atoms with Crippen LogP contribution in [0.2, 0.25) is 0 Å². The summed E-state index contributed by atoms with van der Waals surface area (Å²) in [6, 6.07) is 14.4. The van der Waals surface area contributed by atoms with Crippen LogP contribution in [0.5, 0.6) is 5.75 Å². The molecule has 1 heterocycles. The summed E-state index contributed by atoms with van der Waals surface area (Å²) in [7, 11) is 0. The third kappa shape index (κ3) is 4.72. The lowest BCUT2D eigenvalue weighted by Crippen LogP contribution is -2.01. The van der Waals surface area contributed by atoms with E-state index in [4.69, 9.17) is 10.5 Å². The van der Waals surface area contributed by atoms with Gasteiger partial charge in [-0.15, -0.1) is 0 Å². The number of hydrogen-bond donors (Lipinski definition) is 1. The van der Waals surface area contributed by atoms with Crippen LogP contribution in [0.3, 0.4) is 0 Å². The molecule has 100 valence electrons. The van der Waals surface area contributed by atoms with E-state index >= 15 is 0 Å². The van der Waals surface area contributed by atoms with E-state index in [-0.39, 0.29) is 0 Å². The van der Waals surface area contributed by atoms with E-state index in [2.05, 4.69) is 29.2 Å². The third-order valence-corrected chi connectivity index (χ3v) is 2.98. The Labute approximate surface area is 114 Å². The monoisotopic (exact) mass is 256 g/mol.